The van der Waals surface area contributed by atoms with Crippen LogP contribution in [0, 0.1) is 17.2 Å². The van der Waals surface area contributed by atoms with Crippen LogP contribution in [0.25, 0.3) is 0 Å². The van der Waals surface area contributed by atoms with E-state index in [0.717, 1.165) is 18.4 Å². The number of carbonyl (C=O) groups is 1. The number of rotatable bonds is 6. The third-order valence-corrected chi connectivity index (χ3v) is 3.14. The van der Waals surface area contributed by atoms with Crippen LogP contribution in [0.3, 0.4) is 0 Å². The van der Waals surface area contributed by atoms with Gasteiger partial charge in [0.25, 0.3) is 0 Å². The Bertz CT molecular complexity index is 447. The first-order chi connectivity index (χ1) is 9.08. The van der Waals surface area contributed by atoms with Gasteiger partial charge in [0.1, 0.15) is 0 Å². The number of hydrogen-bond acceptors (Lipinski definition) is 3. The Balaban J connectivity index is 2.55. The van der Waals surface area contributed by atoms with Crippen LogP contribution in [-0.4, -0.2) is 24.4 Å². The van der Waals surface area contributed by atoms with Crippen molar-refractivity contribution in [2.24, 2.45) is 11.7 Å². The molecule has 1 aromatic rings. The molecular formula is C15H21N3O. The highest BCUT2D eigenvalue weighted by atomic mass is 16.2. The average Bonchev–Trinajstić information content (AvgIpc) is 2.44. The predicted molar refractivity (Wildman–Crippen MR) is 75.1 cm³/mol. The van der Waals surface area contributed by atoms with Crippen molar-refractivity contribution in [1.82, 2.24) is 4.90 Å². The van der Waals surface area contributed by atoms with Crippen LogP contribution in [-0.2, 0) is 11.3 Å². The van der Waals surface area contributed by atoms with E-state index in [1.165, 1.54) is 0 Å². The van der Waals surface area contributed by atoms with Crippen molar-refractivity contribution in [2.45, 2.75) is 26.3 Å². The second kappa shape index (κ2) is 7.55. The molecule has 4 nitrogen and oxygen atoms in total. The third-order valence-electron chi connectivity index (χ3n) is 3.14. The fourth-order valence-corrected chi connectivity index (χ4v) is 1.96. The SMILES string of the molecule is CC(CCCN)C(=O)N(C)Cc1ccc(C#N)cc1. The summed E-state index contributed by atoms with van der Waals surface area (Å²) >= 11 is 0. The average molecular weight is 259 g/mol. The Kier molecular flexibility index (Phi) is 6.04. The standard InChI is InChI=1S/C15H21N3O/c1-12(4-3-9-16)15(19)18(2)11-14-7-5-13(10-17)6-8-14/h5-8,12H,3-4,9,11,16H2,1-2H3. The highest BCUT2D eigenvalue weighted by Crippen LogP contribution is 2.12. The summed E-state index contributed by atoms with van der Waals surface area (Å²) in [5.74, 6) is 0.143. The van der Waals surface area contributed by atoms with E-state index in [1.54, 1.807) is 24.1 Å². The third kappa shape index (κ3) is 4.72. The van der Waals surface area contributed by atoms with E-state index in [9.17, 15) is 4.79 Å². The molecule has 1 rings (SSSR count). The largest absolute Gasteiger partial charge is 0.341 e. The Morgan fingerprint density at radius 1 is 1.42 bits per heavy atom. The quantitative estimate of drug-likeness (QED) is 0.848. The molecule has 0 fully saturated rings. The minimum atomic E-state index is 0.00642. The van der Waals surface area contributed by atoms with Crippen LogP contribution in [0.4, 0.5) is 0 Å². The molecule has 0 heterocycles. The molecule has 0 aliphatic rings. The normalized spacial score (nSPS) is 11.7. The van der Waals surface area contributed by atoms with Gasteiger partial charge in [-0.2, -0.15) is 5.26 Å². The summed E-state index contributed by atoms with van der Waals surface area (Å²) in [5.41, 5.74) is 7.11. The Morgan fingerprint density at radius 3 is 2.58 bits per heavy atom. The maximum absolute atomic E-state index is 12.1. The van der Waals surface area contributed by atoms with Gasteiger partial charge in [0, 0.05) is 19.5 Å². The summed E-state index contributed by atoms with van der Waals surface area (Å²) in [7, 11) is 1.81. The topological polar surface area (TPSA) is 70.1 Å². The number of nitrogens with zero attached hydrogens (tertiary/aromatic N) is 2. The smallest absolute Gasteiger partial charge is 0.225 e. The van der Waals surface area contributed by atoms with Gasteiger partial charge in [-0.05, 0) is 37.1 Å². The minimum Gasteiger partial charge on any atom is -0.341 e. The number of carbonyl (C=O) groups excluding carboxylic acids is 1. The van der Waals surface area contributed by atoms with Crippen LogP contribution in [0.2, 0.25) is 0 Å². The predicted octanol–water partition coefficient (Wildman–Crippen LogP) is 1.89. The molecular weight excluding hydrogens is 238 g/mol. The van der Waals surface area contributed by atoms with Gasteiger partial charge in [-0.15, -0.1) is 0 Å². The summed E-state index contributed by atoms with van der Waals surface area (Å²) in [6.07, 6.45) is 1.70. The Labute approximate surface area is 114 Å². The highest BCUT2D eigenvalue weighted by Gasteiger charge is 2.16. The monoisotopic (exact) mass is 259 g/mol. The number of benzene rings is 1. The zero-order valence-electron chi connectivity index (χ0n) is 11.6. The lowest BCUT2D eigenvalue weighted by molar-refractivity contribution is -0.134. The second-order valence-electron chi connectivity index (χ2n) is 4.83. The Hall–Kier alpha value is -1.86. The van der Waals surface area contributed by atoms with Crippen LogP contribution in [0.1, 0.15) is 30.9 Å². The molecule has 0 aromatic heterocycles. The molecule has 0 saturated heterocycles. The van der Waals surface area contributed by atoms with Crippen molar-refractivity contribution in [3.05, 3.63) is 35.4 Å². The first-order valence-electron chi connectivity index (χ1n) is 6.52. The zero-order valence-corrected chi connectivity index (χ0v) is 11.6. The zero-order chi connectivity index (χ0) is 14.3. The summed E-state index contributed by atoms with van der Waals surface area (Å²) in [5, 5.41) is 8.73. The molecule has 4 heteroatoms. The van der Waals surface area contributed by atoms with Gasteiger partial charge >= 0.3 is 0 Å². The molecule has 1 aromatic carbocycles. The lowest BCUT2D eigenvalue weighted by Crippen LogP contribution is -2.31. The fraction of sp³-hybridized carbons (Fsp3) is 0.467. The molecule has 2 N–H and O–H groups in total. The van der Waals surface area contributed by atoms with E-state index >= 15 is 0 Å². The molecule has 19 heavy (non-hydrogen) atoms. The summed E-state index contributed by atoms with van der Waals surface area (Å²) in [6.45, 7) is 3.13. The lowest BCUT2D eigenvalue weighted by atomic mass is 10.0. The number of hydrogen-bond donors (Lipinski definition) is 1. The second-order valence-corrected chi connectivity index (χ2v) is 4.83. The summed E-state index contributed by atoms with van der Waals surface area (Å²) < 4.78 is 0. The molecule has 1 unspecified atom stereocenters. The lowest BCUT2D eigenvalue weighted by Gasteiger charge is -2.21. The maximum Gasteiger partial charge on any atom is 0.225 e. The molecule has 0 radical (unpaired) electrons. The van der Waals surface area contributed by atoms with Crippen LogP contribution in [0.5, 0.6) is 0 Å². The van der Waals surface area contributed by atoms with Crippen LogP contribution in [0.15, 0.2) is 24.3 Å². The van der Waals surface area contributed by atoms with E-state index in [0.29, 0.717) is 18.7 Å². The van der Waals surface area contributed by atoms with E-state index in [2.05, 4.69) is 6.07 Å². The fourth-order valence-electron chi connectivity index (χ4n) is 1.96. The first-order valence-corrected chi connectivity index (χ1v) is 6.52. The maximum atomic E-state index is 12.1. The first kappa shape index (κ1) is 15.2. The van der Waals surface area contributed by atoms with Crippen LogP contribution < -0.4 is 5.73 Å². The van der Waals surface area contributed by atoms with Crippen molar-refractivity contribution in [3.63, 3.8) is 0 Å². The number of amides is 1. The molecule has 0 spiro atoms. The van der Waals surface area contributed by atoms with Gasteiger partial charge in [0.2, 0.25) is 5.91 Å². The highest BCUT2D eigenvalue weighted by molar-refractivity contribution is 5.78. The summed E-state index contributed by atoms with van der Waals surface area (Å²) in [4.78, 5) is 13.8. The molecule has 0 saturated carbocycles. The van der Waals surface area contributed by atoms with Gasteiger partial charge in [-0.3, -0.25) is 4.79 Å². The molecule has 0 bridgehead atoms. The van der Waals surface area contributed by atoms with E-state index in [-0.39, 0.29) is 11.8 Å². The van der Waals surface area contributed by atoms with Gasteiger partial charge in [0.15, 0.2) is 0 Å². The van der Waals surface area contributed by atoms with Crippen molar-refractivity contribution < 1.29 is 4.79 Å². The minimum absolute atomic E-state index is 0.00642. The van der Waals surface area contributed by atoms with E-state index in [4.69, 9.17) is 11.0 Å². The molecule has 102 valence electrons. The van der Waals surface area contributed by atoms with Crippen LogP contribution >= 0.6 is 0 Å². The van der Waals surface area contributed by atoms with Crippen molar-refractivity contribution in [2.75, 3.05) is 13.6 Å². The van der Waals surface area contributed by atoms with Gasteiger partial charge < -0.3 is 10.6 Å². The molecule has 0 aliphatic carbocycles. The van der Waals surface area contributed by atoms with Crippen molar-refractivity contribution >= 4 is 5.91 Å². The number of nitriles is 1. The van der Waals surface area contributed by atoms with Crippen molar-refractivity contribution in [1.29, 1.82) is 5.26 Å². The van der Waals surface area contributed by atoms with Gasteiger partial charge in [-0.1, -0.05) is 19.1 Å². The Morgan fingerprint density at radius 2 is 2.05 bits per heavy atom. The van der Waals surface area contributed by atoms with E-state index < -0.39 is 0 Å². The van der Waals surface area contributed by atoms with Gasteiger partial charge in [0.05, 0.1) is 11.6 Å². The number of nitrogens with two attached hydrogens (primary N) is 1. The van der Waals surface area contributed by atoms with Gasteiger partial charge in [-0.25, -0.2) is 0 Å². The molecule has 0 aliphatic heterocycles. The molecule has 1 amide bonds. The molecule has 1 atom stereocenters. The van der Waals surface area contributed by atoms with Crippen molar-refractivity contribution in [3.8, 4) is 6.07 Å². The van der Waals surface area contributed by atoms with E-state index in [1.807, 2.05) is 19.1 Å². The summed E-state index contributed by atoms with van der Waals surface area (Å²) in [6, 6.07) is 9.38.